The molecule has 10 nitrogen and oxygen atoms in total. The quantitative estimate of drug-likeness (QED) is 0.0221. The first-order valence-electron chi connectivity index (χ1n) is 39.2. The second-order valence-electron chi connectivity index (χ2n) is 28.3. The average molecular weight is 1620 g/mol. The number of aliphatic hydroxyl groups excluding tert-OH is 1. The summed E-state index contributed by atoms with van der Waals surface area (Å²) in [6, 6.07) is 74.4. The van der Waals surface area contributed by atoms with Gasteiger partial charge in [-0.2, -0.15) is 0 Å². The maximum Gasteiger partial charge on any atom is 0.126 e. The molecular formula is C98H108F10N6O4. The average Bonchev–Trinajstić information content (AvgIpc) is 1.01. The summed E-state index contributed by atoms with van der Waals surface area (Å²) in [4.78, 5) is 0. The molecule has 0 aromatic heterocycles. The molecule has 624 valence electrons. The van der Waals surface area contributed by atoms with Gasteiger partial charge in [-0.3, -0.25) is 0 Å². The van der Waals surface area contributed by atoms with Crippen LogP contribution in [0.25, 0.3) is 0 Å². The normalized spacial score (nSPS) is 12.2. The van der Waals surface area contributed by atoms with E-state index in [-0.39, 0.29) is 119 Å². The van der Waals surface area contributed by atoms with Gasteiger partial charge in [0, 0.05) is 64.7 Å². The fourth-order valence-electron chi connectivity index (χ4n) is 14.8. The summed E-state index contributed by atoms with van der Waals surface area (Å²) in [6.07, 6.45) is 3.61. The summed E-state index contributed by atoms with van der Waals surface area (Å²) in [5.41, 5.74) is 46.0. The monoisotopic (exact) mass is 1620 g/mol. The minimum atomic E-state index is -0.363. The van der Waals surface area contributed by atoms with Gasteiger partial charge in [-0.25, -0.2) is 43.9 Å². The standard InChI is InChI=1S/C17H19F2N.C17H21NO2.2C16H17F2NO.2C16H17F2N/c1-2-12(11-20)17(13-5-3-7-15(18)9-13)14-6-4-8-16(19)10-14;1-19-16-9-5-3-7-14(16)13(11-12-18)15-8-4-6-10-17(15)20-2;1-20-16-6-5-13(18)10-15(16)14(7-8-19)11-3-2-4-12(17)9-11;17-14-5-1-3-11(7-14)16(13(9-19)10-20)12-4-2-6-15(18)8-12;1-11-14(6-3-7-16(11)18)15(8-9-19)12-4-2-5-13(17)10-12;1-11-5-6-14(18)10-16(11)15(7-8-19)12-3-2-4-13(17)9-12/h3-10,12,17H,2,11,20H2,1H3;3-10,13H,11-12,18H2,1-2H3;2-6,9-10,14H,7-8,19H2,1H3;1-8,13,16,20H,9-10,19H2;2-7,10,15H,8-9,19H2,1H3;2-6,9-10,15H,7-8,19H2,1H3. The number of hydrogen-bond acceptors (Lipinski definition) is 10. The first kappa shape index (κ1) is 94.2. The van der Waals surface area contributed by atoms with Crippen molar-refractivity contribution in [1.29, 1.82) is 0 Å². The molecule has 12 rings (SSSR count). The molecule has 0 amide bonds. The number of aryl methyl sites for hydroxylation is 1. The molecule has 13 N–H and O–H groups in total. The Hall–Kier alpha value is -10.9. The number of ether oxygens (including phenoxy) is 3. The molecule has 0 aliphatic carbocycles. The van der Waals surface area contributed by atoms with Gasteiger partial charge >= 0.3 is 0 Å². The van der Waals surface area contributed by atoms with Crippen molar-refractivity contribution in [2.75, 3.05) is 67.2 Å². The second-order valence-corrected chi connectivity index (χ2v) is 28.3. The van der Waals surface area contributed by atoms with Gasteiger partial charge < -0.3 is 53.7 Å². The molecular weight excluding hydrogens is 1520 g/mol. The largest absolute Gasteiger partial charge is 0.496 e. The Morgan fingerprint density at radius 3 is 0.924 bits per heavy atom. The van der Waals surface area contributed by atoms with E-state index in [1.807, 2.05) is 86.6 Å². The number of nitrogens with two attached hydrogens (primary N) is 6. The van der Waals surface area contributed by atoms with Gasteiger partial charge in [0.05, 0.1) is 21.3 Å². The van der Waals surface area contributed by atoms with Gasteiger partial charge in [0.2, 0.25) is 0 Å². The lowest BCUT2D eigenvalue weighted by Gasteiger charge is -2.26. The smallest absolute Gasteiger partial charge is 0.126 e. The molecule has 0 aliphatic heterocycles. The molecule has 0 saturated carbocycles. The molecule has 0 aliphatic rings. The van der Waals surface area contributed by atoms with Gasteiger partial charge in [0.25, 0.3) is 0 Å². The topological polar surface area (TPSA) is 204 Å². The third-order valence-corrected chi connectivity index (χ3v) is 20.6. The molecule has 0 bridgehead atoms. The van der Waals surface area contributed by atoms with Gasteiger partial charge in [-0.15, -0.1) is 0 Å². The number of halogens is 10. The summed E-state index contributed by atoms with van der Waals surface area (Å²) in [6.45, 7) is 8.25. The Labute approximate surface area is 687 Å². The van der Waals surface area contributed by atoms with E-state index in [2.05, 4.69) is 12.1 Å². The highest BCUT2D eigenvalue weighted by molar-refractivity contribution is 5.48. The number of benzene rings is 12. The Kier molecular flexibility index (Phi) is 39.4. The van der Waals surface area contributed by atoms with E-state index >= 15 is 0 Å². The summed E-state index contributed by atoms with van der Waals surface area (Å²) in [5, 5.41) is 9.49. The fourth-order valence-corrected chi connectivity index (χ4v) is 14.8. The molecule has 0 heterocycles. The lowest BCUT2D eigenvalue weighted by Crippen LogP contribution is -2.26. The Balaban J connectivity index is 0.000000195. The van der Waals surface area contributed by atoms with Crippen LogP contribution in [0.15, 0.2) is 273 Å². The van der Waals surface area contributed by atoms with Gasteiger partial charge in [0.1, 0.15) is 75.4 Å². The molecule has 0 saturated heterocycles. The predicted octanol–water partition coefficient (Wildman–Crippen LogP) is 20.9. The van der Waals surface area contributed by atoms with Crippen molar-refractivity contribution >= 4 is 0 Å². The highest BCUT2D eigenvalue weighted by atomic mass is 19.2. The Bertz CT molecular complexity index is 4720. The van der Waals surface area contributed by atoms with Crippen LogP contribution in [0.5, 0.6) is 17.2 Å². The zero-order chi connectivity index (χ0) is 85.6. The van der Waals surface area contributed by atoms with Crippen molar-refractivity contribution in [3.8, 4) is 17.2 Å². The fraction of sp³-hybridized carbons (Fsp3) is 0.265. The van der Waals surface area contributed by atoms with Gasteiger partial charge in [-0.1, -0.05) is 153 Å². The van der Waals surface area contributed by atoms with Crippen LogP contribution in [-0.2, 0) is 0 Å². The number of para-hydroxylation sites is 2. The summed E-state index contributed by atoms with van der Waals surface area (Å²) >= 11 is 0. The Morgan fingerprint density at radius 1 is 0.288 bits per heavy atom. The lowest BCUT2D eigenvalue weighted by molar-refractivity contribution is 0.217. The van der Waals surface area contributed by atoms with E-state index in [9.17, 15) is 49.0 Å². The van der Waals surface area contributed by atoms with Crippen LogP contribution >= 0.6 is 0 Å². The van der Waals surface area contributed by atoms with Crippen LogP contribution in [0.2, 0.25) is 0 Å². The molecule has 5 atom stereocenters. The number of aliphatic hydroxyl groups is 1. The number of rotatable bonds is 29. The zero-order valence-electron chi connectivity index (χ0n) is 67.5. The highest BCUT2D eigenvalue weighted by Gasteiger charge is 2.28. The first-order valence-corrected chi connectivity index (χ1v) is 39.2. The Morgan fingerprint density at radius 2 is 0.576 bits per heavy atom. The zero-order valence-corrected chi connectivity index (χ0v) is 67.5. The highest BCUT2D eigenvalue weighted by Crippen LogP contribution is 2.41. The van der Waals surface area contributed by atoms with E-state index in [1.54, 1.807) is 93.9 Å². The summed E-state index contributed by atoms with van der Waals surface area (Å²) in [5.74, 6) is -1.42. The van der Waals surface area contributed by atoms with Crippen molar-refractivity contribution in [3.05, 3.63) is 409 Å². The predicted molar refractivity (Wildman–Crippen MR) is 454 cm³/mol. The van der Waals surface area contributed by atoms with Crippen LogP contribution in [-0.4, -0.2) is 72.3 Å². The second kappa shape index (κ2) is 49.3. The molecule has 118 heavy (non-hydrogen) atoms. The molecule has 0 spiro atoms. The van der Waals surface area contributed by atoms with Crippen LogP contribution in [0.3, 0.4) is 0 Å². The van der Waals surface area contributed by atoms with E-state index < -0.39 is 0 Å². The summed E-state index contributed by atoms with van der Waals surface area (Å²) in [7, 11) is 4.92. The molecule has 12 aromatic rings. The van der Waals surface area contributed by atoms with Crippen molar-refractivity contribution in [1.82, 2.24) is 0 Å². The van der Waals surface area contributed by atoms with E-state index in [0.29, 0.717) is 80.0 Å². The van der Waals surface area contributed by atoms with E-state index in [4.69, 9.17) is 48.6 Å². The maximum absolute atomic E-state index is 13.7. The first-order chi connectivity index (χ1) is 57.0. The van der Waals surface area contributed by atoms with Crippen LogP contribution in [0.4, 0.5) is 43.9 Å². The molecule has 0 fully saturated rings. The van der Waals surface area contributed by atoms with Crippen molar-refractivity contribution in [3.63, 3.8) is 0 Å². The number of methoxy groups -OCH3 is 3. The number of hydrogen-bond donors (Lipinski definition) is 7. The lowest BCUT2D eigenvalue weighted by atomic mass is 9.79. The van der Waals surface area contributed by atoms with E-state index in [0.717, 1.165) is 80.0 Å². The van der Waals surface area contributed by atoms with Gasteiger partial charge in [-0.05, 0) is 279 Å². The SMILES string of the molecule is CCC(CN)C(c1cccc(F)c1)c1cccc(F)c1.COc1ccc(F)cc1C(CCN)c1cccc(F)c1.COc1ccccc1C(CCN)c1ccccc1OC.Cc1c(F)cccc1C(CCN)c1cccc(F)c1.Cc1ccc(F)cc1C(CCN)c1cccc(F)c1.NCC(CO)C(c1cccc(F)c1)c1cccc(F)c1. The summed E-state index contributed by atoms with van der Waals surface area (Å²) < 4.78 is 151. The van der Waals surface area contributed by atoms with Crippen molar-refractivity contribution < 1.29 is 63.2 Å². The molecule has 0 radical (unpaired) electrons. The molecule has 12 aromatic carbocycles. The van der Waals surface area contributed by atoms with E-state index in [1.165, 1.54) is 122 Å². The van der Waals surface area contributed by atoms with Crippen LogP contribution in [0, 0.1) is 83.9 Å². The maximum atomic E-state index is 13.7. The van der Waals surface area contributed by atoms with Crippen LogP contribution < -0.4 is 48.6 Å². The molecule has 5 unspecified atom stereocenters. The third-order valence-electron chi connectivity index (χ3n) is 20.6. The molecule has 20 heteroatoms. The van der Waals surface area contributed by atoms with Crippen LogP contribution in [0.1, 0.15) is 152 Å². The van der Waals surface area contributed by atoms with Crippen molar-refractivity contribution in [2.45, 2.75) is 88.4 Å². The third kappa shape index (κ3) is 27.6. The van der Waals surface area contributed by atoms with Gasteiger partial charge in [0.15, 0.2) is 0 Å². The minimum absolute atomic E-state index is 0.0728. The minimum Gasteiger partial charge on any atom is -0.496 e. The van der Waals surface area contributed by atoms with Crippen molar-refractivity contribution in [2.24, 2.45) is 46.2 Å².